The van der Waals surface area contributed by atoms with Crippen molar-refractivity contribution >= 4 is 11.9 Å². The van der Waals surface area contributed by atoms with Gasteiger partial charge in [0.05, 0.1) is 7.11 Å². The molecule has 0 aromatic carbocycles. The van der Waals surface area contributed by atoms with Crippen LogP contribution >= 0.6 is 0 Å². The van der Waals surface area contributed by atoms with Gasteiger partial charge in [0.25, 0.3) is 0 Å². The zero-order chi connectivity index (χ0) is 16.6. The van der Waals surface area contributed by atoms with Crippen molar-refractivity contribution in [3.8, 4) is 0 Å². The largest absolute Gasteiger partial charge is 0.466 e. The molecule has 22 heavy (non-hydrogen) atoms. The van der Waals surface area contributed by atoms with Gasteiger partial charge in [0.1, 0.15) is 0 Å². The maximum absolute atomic E-state index is 11.5. The Morgan fingerprint density at radius 2 is 1.27 bits per heavy atom. The smallest absolute Gasteiger partial charge is 0.346 e. The van der Waals surface area contributed by atoms with E-state index in [1.165, 1.54) is 71.8 Å². The third kappa shape index (κ3) is 12.7. The fraction of sp³-hybridized carbons (Fsp3) is 0.889. The number of rotatable bonds is 14. The molecule has 0 bridgehead atoms. The topological polar surface area (TPSA) is 52.6 Å². The van der Waals surface area contributed by atoms with Crippen LogP contribution in [0.1, 0.15) is 90.9 Å². The molecule has 0 spiro atoms. The molecule has 4 heteroatoms. The molecule has 4 nitrogen and oxygen atoms in total. The number of hydrogen-bond acceptors (Lipinski definition) is 4. The van der Waals surface area contributed by atoms with Gasteiger partial charge in [-0.25, -0.2) is 4.79 Å². The summed E-state index contributed by atoms with van der Waals surface area (Å²) in [6.07, 6.45) is 13.3. The molecule has 1 atom stereocenters. The number of methoxy groups -OCH3 is 1. The van der Waals surface area contributed by atoms with Gasteiger partial charge in [0.2, 0.25) is 0 Å². The average Bonchev–Trinajstić information content (AvgIpc) is 2.51. The van der Waals surface area contributed by atoms with Gasteiger partial charge in [-0.2, -0.15) is 0 Å². The predicted molar refractivity (Wildman–Crippen MR) is 88.6 cm³/mol. The molecule has 0 aromatic rings. The molecule has 0 aromatic heterocycles. The van der Waals surface area contributed by atoms with Crippen molar-refractivity contribution in [1.29, 1.82) is 0 Å². The van der Waals surface area contributed by atoms with E-state index in [1.807, 2.05) is 0 Å². The molecule has 0 aliphatic heterocycles. The summed E-state index contributed by atoms with van der Waals surface area (Å²) in [6.45, 7) is 3.77. The van der Waals surface area contributed by atoms with Crippen LogP contribution in [0.4, 0.5) is 0 Å². The summed E-state index contributed by atoms with van der Waals surface area (Å²) in [5.41, 5.74) is 0. The lowest BCUT2D eigenvalue weighted by molar-refractivity contribution is -0.164. The van der Waals surface area contributed by atoms with Crippen LogP contribution in [-0.4, -0.2) is 25.2 Å². The van der Waals surface area contributed by atoms with Crippen molar-refractivity contribution in [1.82, 2.24) is 0 Å². The van der Waals surface area contributed by atoms with Gasteiger partial charge < -0.3 is 9.47 Å². The minimum absolute atomic E-state index is 0.311. The van der Waals surface area contributed by atoms with Crippen LogP contribution in [0.15, 0.2) is 0 Å². The van der Waals surface area contributed by atoms with Crippen LogP contribution in [0.25, 0.3) is 0 Å². The second kappa shape index (κ2) is 14.9. The molecule has 0 rings (SSSR count). The van der Waals surface area contributed by atoms with Crippen molar-refractivity contribution in [2.75, 3.05) is 7.11 Å². The van der Waals surface area contributed by atoms with Gasteiger partial charge in [-0.3, -0.25) is 4.79 Å². The second-order valence-electron chi connectivity index (χ2n) is 5.94. The SMILES string of the molecule is CCCCCCCCCCCCCC(=O)OC(C)C(=O)OC. The Labute approximate surface area is 135 Å². The summed E-state index contributed by atoms with van der Waals surface area (Å²) in [6, 6.07) is 0. The van der Waals surface area contributed by atoms with Crippen LogP contribution in [0.3, 0.4) is 0 Å². The third-order valence-corrected chi connectivity index (χ3v) is 3.83. The molecule has 0 aliphatic rings. The Bertz CT molecular complexity index is 289. The van der Waals surface area contributed by atoms with Crippen LogP contribution in [0.5, 0.6) is 0 Å². The zero-order valence-electron chi connectivity index (χ0n) is 14.7. The Kier molecular flexibility index (Phi) is 14.1. The van der Waals surface area contributed by atoms with Crippen LogP contribution in [-0.2, 0) is 19.1 Å². The molecule has 1 unspecified atom stereocenters. The number of carbonyl (C=O) groups excluding carboxylic acids is 2. The van der Waals surface area contributed by atoms with Crippen molar-refractivity contribution in [2.45, 2.75) is 97.0 Å². The lowest BCUT2D eigenvalue weighted by Crippen LogP contribution is -2.25. The minimum Gasteiger partial charge on any atom is -0.466 e. The van der Waals surface area contributed by atoms with Crippen molar-refractivity contribution in [2.24, 2.45) is 0 Å². The van der Waals surface area contributed by atoms with Gasteiger partial charge >= 0.3 is 11.9 Å². The highest BCUT2D eigenvalue weighted by Crippen LogP contribution is 2.12. The first-order valence-corrected chi connectivity index (χ1v) is 8.89. The number of ether oxygens (including phenoxy) is 2. The van der Waals surface area contributed by atoms with Gasteiger partial charge in [0.15, 0.2) is 6.10 Å². The molecule has 0 amide bonds. The van der Waals surface area contributed by atoms with E-state index in [0.29, 0.717) is 6.42 Å². The Morgan fingerprint density at radius 1 is 0.818 bits per heavy atom. The molecule has 0 aliphatic carbocycles. The standard InChI is InChI=1S/C18H34O4/c1-4-5-6-7-8-9-10-11-12-13-14-15-17(19)22-16(2)18(20)21-3/h16H,4-15H2,1-3H3. The van der Waals surface area contributed by atoms with E-state index in [-0.39, 0.29) is 5.97 Å². The van der Waals surface area contributed by atoms with E-state index >= 15 is 0 Å². The van der Waals surface area contributed by atoms with Gasteiger partial charge in [-0.15, -0.1) is 0 Å². The van der Waals surface area contributed by atoms with Crippen molar-refractivity contribution in [3.63, 3.8) is 0 Å². The lowest BCUT2D eigenvalue weighted by Gasteiger charge is -2.10. The van der Waals surface area contributed by atoms with E-state index in [4.69, 9.17) is 4.74 Å². The van der Waals surface area contributed by atoms with E-state index < -0.39 is 12.1 Å². The summed E-state index contributed by atoms with van der Waals surface area (Å²) in [5.74, 6) is -0.818. The highest BCUT2D eigenvalue weighted by atomic mass is 16.6. The Balaban J connectivity index is 3.32. The summed E-state index contributed by atoms with van der Waals surface area (Å²) < 4.78 is 9.49. The van der Waals surface area contributed by atoms with Crippen LogP contribution < -0.4 is 0 Å². The first kappa shape index (κ1) is 20.9. The first-order chi connectivity index (χ1) is 10.6. The maximum Gasteiger partial charge on any atom is 0.346 e. The first-order valence-electron chi connectivity index (χ1n) is 8.89. The highest BCUT2D eigenvalue weighted by molar-refractivity contribution is 5.78. The minimum atomic E-state index is -0.801. The molecular weight excluding hydrogens is 280 g/mol. The number of carbonyl (C=O) groups is 2. The summed E-state index contributed by atoms with van der Waals surface area (Å²) in [5, 5.41) is 0. The maximum atomic E-state index is 11.5. The molecular formula is C18H34O4. The second-order valence-corrected chi connectivity index (χ2v) is 5.94. The zero-order valence-corrected chi connectivity index (χ0v) is 14.7. The molecule has 0 fully saturated rings. The average molecular weight is 314 g/mol. The molecule has 0 heterocycles. The molecule has 0 radical (unpaired) electrons. The van der Waals surface area contributed by atoms with Gasteiger partial charge in [0, 0.05) is 6.42 Å². The fourth-order valence-electron chi connectivity index (χ4n) is 2.40. The normalized spacial score (nSPS) is 12.0. The Morgan fingerprint density at radius 3 is 1.73 bits per heavy atom. The van der Waals surface area contributed by atoms with Crippen LogP contribution in [0, 0.1) is 0 Å². The Hall–Kier alpha value is -1.06. The van der Waals surface area contributed by atoms with E-state index in [1.54, 1.807) is 0 Å². The quantitative estimate of drug-likeness (QED) is 0.341. The van der Waals surface area contributed by atoms with Gasteiger partial charge in [-0.1, -0.05) is 71.1 Å². The number of hydrogen-bond donors (Lipinski definition) is 0. The molecule has 0 saturated carbocycles. The molecule has 0 saturated heterocycles. The number of unbranched alkanes of at least 4 members (excludes halogenated alkanes) is 10. The fourth-order valence-corrected chi connectivity index (χ4v) is 2.40. The van der Waals surface area contributed by atoms with E-state index in [0.717, 1.165) is 12.8 Å². The monoisotopic (exact) mass is 314 g/mol. The third-order valence-electron chi connectivity index (χ3n) is 3.83. The van der Waals surface area contributed by atoms with Gasteiger partial charge in [-0.05, 0) is 13.3 Å². The van der Waals surface area contributed by atoms with Crippen molar-refractivity contribution < 1.29 is 19.1 Å². The van der Waals surface area contributed by atoms with E-state index in [9.17, 15) is 9.59 Å². The summed E-state index contributed by atoms with van der Waals surface area (Å²) >= 11 is 0. The lowest BCUT2D eigenvalue weighted by atomic mass is 10.1. The molecule has 0 N–H and O–H groups in total. The highest BCUT2D eigenvalue weighted by Gasteiger charge is 2.17. The predicted octanol–water partition coefficient (Wildman–Crippen LogP) is 4.79. The summed E-state index contributed by atoms with van der Waals surface area (Å²) in [4.78, 5) is 22.6. The number of esters is 2. The van der Waals surface area contributed by atoms with Crippen molar-refractivity contribution in [3.05, 3.63) is 0 Å². The summed E-state index contributed by atoms with van der Waals surface area (Å²) in [7, 11) is 1.29. The molecule has 130 valence electrons. The van der Waals surface area contributed by atoms with Crippen LogP contribution in [0.2, 0.25) is 0 Å². The van der Waals surface area contributed by atoms with E-state index in [2.05, 4.69) is 11.7 Å².